The fourth-order valence-corrected chi connectivity index (χ4v) is 2.70. The normalized spacial score (nSPS) is 11.5. The average Bonchev–Trinajstić information content (AvgIpc) is 2.55. The Morgan fingerprint density at radius 1 is 0.773 bits per heavy atom. The van der Waals surface area contributed by atoms with E-state index in [-0.39, 0.29) is 24.0 Å². The van der Waals surface area contributed by atoms with Gasteiger partial charge < -0.3 is 24.0 Å². The Morgan fingerprint density at radius 2 is 1.36 bits per heavy atom. The molecule has 3 aromatic rings. The summed E-state index contributed by atoms with van der Waals surface area (Å²) in [5.41, 5.74) is 2.64. The van der Waals surface area contributed by atoms with E-state index in [1.807, 2.05) is 6.07 Å². The van der Waals surface area contributed by atoms with Gasteiger partial charge in [-0.15, -0.1) is 12.6 Å². The van der Waals surface area contributed by atoms with Crippen LogP contribution in [-0.2, 0) is 6.42 Å². The predicted molar refractivity (Wildman–Crippen MR) is 88.6 cm³/mol. The Bertz CT molecular complexity index is 684. The molecule has 2 aromatic carbocycles. The Hall–Kier alpha value is -1.33. The minimum absolute atomic E-state index is 0. The van der Waals surface area contributed by atoms with E-state index < -0.39 is 0 Å². The molecule has 1 aromatic heterocycles. The summed E-state index contributed by atoms with van der Waals surface area (Å²) < 4.78 is 2.26. The molecule has 0 bridgehead atoms. The topological polar surface area (TPSA) is 3.88 Å². The van der Waals surface area contributed by atoms with Crippen molar-refractivity contribution in [1.82, 2.24) is 0 Å². The Morgan fingerprint density at radius 3 is 2.00 bits per heavy atom. The van der Waals surface area contributed by atoms with Crippen LogP contribution >= 0.6 is 12.6 Å². The molecule has 0 spiro atoms. The lowest BCUT2D eigenvalue weighted by atomic mass is 9.98. The van der Waals surface area contributed by atoms with Crippen molar-refractivity contribution < 1.29 is 28.5 Å². The third-order valence-electron chi connectivity index (χ3n) is 3.65. The van der Waals surface area contributed by atoms with Crippen LogP contribution in [0.1, 0.15) is 17.2 Å². The SMILES string of the molecule is Sc1ccc(C(Cc2ccccc2)[n+]2ccccc2)cc1.[I-]. The lowest BCUT2D eigenvalue weighted by Crippen LogP contribution is -3.00. The average molecular weight is 419 g/mol. The number of hydrogen-bond acceptors (Lipinski definition) is 1. The van der Waals surface area contributed by atoms with Gasteiger partial charge in [-0.05, 0) is 17.7 Å². The van der Waals surface area contributed by atoms with Gasteiger partial charge in [0.25, 0.3) is 0 Å². The van der Waals surface area contributed by atoms with Crippen molar-refractivity contribution >= 4 is 12.6 Å². The highest BCUT2D eigenvalue weighted by atomic mass is 127. The van der Waals surface area contributed by atoms with Crippen molar-refractivity contribution in [1.29, 1.82) is 0 Å². The molecular weight excluding hydrogens is 401 g/mol. The summed E-state index contributed by atoms with van der Waals surface area (Å²) in [6, 6.07) is 25.5. The van der Waals surface area contributed by atoms with E-state index in [0.29, 0.717) is 6.04 Å². The zero-order valence-electron chi connectivity index (χ0n) is 12.1. The monoisotopic (exact) mass is 419 g/mol. The zero-order chi connectivity index (χ0) is 14.5. The van der Waals surface area contributed by atoms with E-state index in [1.165, 1.54) is 11.1 Å². The van der Waals surface area contributed by atoms with Crippen LogP contribution < -0.4 is 28.5 Å². The summed E-state index contributed by atoms with van der Waals surface area (Å²) in [6.45, 7) is 0. The Labute approximate surface area is 154 Å². The number of nitrogens with zero attached hydrogens (tertiary/aromatic N) is 1. The molecule has 3 rings (SSSR count). The molecule has 0 radical (unpaired) electrons. The number of rotatable bonds is 4. The molecule has 1 unspecified atom stereocenters. The van der Waals surface area contributed by atoms with E-state index in [0.717, 1.165) is 11.3 Å². The number of pyridine rings is 1. The predicted octanol–water partition coefficient (Wildman–Crippen LogP) is 1.10. The molecule has 3 heteroatoms. The number of thiol groups is 1. The van der Waals surface area contributed by atoms with Gasteiger partial charge in [0.2, 0.25) is 0 Å². The summed E-state index contributed by atoms with van der Waals surface area (Å²) in [4.78, 5) is 0.996. The van der Waals surface area contributed by atoms with Crippen LogP contribution in [0.3, 0.4) is 0 Å². The highest BCUT2D eigenvalue weighted by Crippen LogP contribution is 2.19. The fourth-order valence-electron chi connectivity index (χ4n) is 2.55. The van der Waals surface area contributed by atoms with Crippen molar-refractivity contribution in [3.63, 3.8) is 0 Å². The lowest BCUT2D eigenvalue weighted by Gasteiger charge is -2.13. The Balaban J connectivity index is 0.00000176. The summed E-state index contributed by atoms with van der Waals surface area (Å²) in [6.07, 6.45) is 5.23. The van der Waals surface area contributed by atoms with Crippen molar-refractivity contribution in [3.8, 4) is 0 Å². The molecule has 0 saturated heterocycles. The zero-order valence-corrected chi connectivity index (χ0v) is 15.2. The second-order valence-electron chi connectivity index (χ2n) is 5.12. The molecule has 0 aliphatic heterocycles. The maximum atomic E-state index is 4.38. The molecule has 0 aliphatic rings. The van der Waals surface area contributed by atoms with Gasteiger partial charge in [0.1, 0.15) is 0 Å². The molecule has 0 amide bonds. The third-order valence-corrected chi connectivity index (χ3v) is 3.95. The maximum absolute atomic E-state index is 4.38. The van der Waals surface area contributed by atoms with Gasteiger partial charge in [-0.1, -0.05) is 48.5 Å². The van der Waals surface area contributed by atoms with Gasteiger partial charge in [0.15, 0.2) is 18.4 Å². The van der Waals surface area contributed by atoms with Crippen molar-refractivity contribution in [2.45, 2.75) is 17.4 Å². The standard InChI is InChI=1S/C19H17NS.HI/c21-18-11-9-17(10-12-18)19(20-13-5-2-6-14-20)15-16-7-3-1-4-8-16;/h1-14,19H,15H2;1H. The van der Waals surface area contributed by atoms with Crippen molar-refractivity contribution in [2.24, 2.45) is 0 Å². The van der Waals surface area contributed by atoms with E-state index in [9.17, 15) is 0 Å². The van der Waals surface area contributed by atoms with Crippen LogP contribution in [0.15, 0.2) is 90.1 Å². The smallest absolute Gasteiger partial charge is 0.187 e. The summed E-state index contributed by atoms with van der Waals surface area (Å²) >= 11 is 4.38. The maximum Gasteiger partial charge on any atom is 0.187 e. The molecule has 1 atom stereocenters. The van der Waals surface area contributed by atoms with Crippen LogP contribution in [0.5, 0.6) is 0 Å². The summed E-state index contributed by atoms with van der Waals surface area (Å²) in [5.74, 6) is 0. The molecule has 0 N–H and O–H groups in total. The van der Waals surface area contributed by atoms with Crippen LogP contribution in [0.25, 0.3) is 0 Å². The quantitative estimate of drug-likeness (QED) is 0.367. The number of benzene rings is 2. The van der Waals surface area contributed by atoms with Crippen LogP contribution in [0.2, 0.25) is 0 Å². The number of hydrogen-bond donors (Lipinski definition) is 1. The summed E-state index contributed by atoms with van der Waals surface area (Å²) in [5, 5.41) is 0. The van der Waals surface area contributed by atoms with Crippen LogP contribution in [0.4, 0.5) is 0 Å². The van der Waals surface area contributed by atoms with E-state index in [4.69, 9.17) is 0 Å². The van der Waals surface area contributed by atoms with Gasteiger partial charge in [0, 0.05) is 29.0 Å². The van der Waals surface area contributed by atoms with E-state index in [1.54, 1.807) is 0 Å². The number of aromatic nitrogens is 1. The second kappa shape index (κ2) is 8.34. The molecular formula is C19H18INS. The summed E-state index contributed by atoms with van der Waals surface area (Å²) in [7, 11) is 0. The first-order chi connectivity index (χ1) is 10.3. The molecule has 0 aliphatic carbocycles. The number of halogens is 1. The first kappa shape index (κ1) is 17.0. The van der Waals surface area contributed by atoms with Crippen molar-refractivity contribution in [2.75, 3.05) is 0 Å². The van der Waals surface area contributed by atoms with Crippen LogP contribution in [-0.4, -0.2) is 0 Å². The Kier molecular flexibility index (Phi) is 6.46. The van der Waals surface area contributed by atoms with Gasteiger partial charge >= 0.3 is 0 Å². The highest BCUT2D eigenvalue weighted by Gasteiger charge is 2.20. The van der Waals surface area contributed by atoms with Gasteiger partial charge in [-0.25, -0.2) is 0 Å². The largest absolute Gasteiger partial charge is 1.00 e. The first-order valence-corrected chi connectivity index (χ1v) is 7.56. The molecule has 112 valence electrons. The highest BCUT2D eigenvalue weighted by molar-refractivity contribution is 7.80. The molecule has 1 heterocycles. The van der Waals surface area contributed by atoms with Gasteiger partial charge in [-0.3, -0.25) is 0 Å². The first-order valence-electron chi connectivity index (χ1n) is 7.11. The molecule has 0 saturated carbocycles. The van der Waals surface area contributed by atoms with Gasteiger partial charge in [-0.2, -0.15) is 4.57 Å². The molecule has 22 heavy (non-hydrogen) atoms. The minimum Gasteiger partial charge on any atom is -1.00 e. The second-order valence-corrected chi connectivity index (χ2v) is 5.64. The van der Waals surface area contributed by atoms with E-state index in [2.05, 4.69) is 96.3 Å². The fraction of sp³-hybridized carbons (Fsp3) is 0.105. The van der Waals surface area contributed by atoms with Crippen molar-refractivity contribution in [3.05, 3.63) is 96.3 Å². The lowest BCUT2D eigenvalue weighted by molar-refractivity contribution is -0.713. The third kappa shape index (κ3) is 4.34. The molecule has 0 fully saturated rings. The van der Waals surface area contributed by atoms with Crippen LogP contribution in [0, 0.1) is 0 Å². The molecule has 1 nitrogen and oxygen atoms in total. The van der Waals surface area contributed by atoms with E-state index >= 15 is 0 Å². The van der Waals surface area contributed by atoms with Gasteiger partial charge in [0.05, 0.1) is 0 Å². The minimum atomic E-state index is 0.